The van der Waals surface area contributed by atoms with Crippen molar-refractivity contribution >= 4 is 11.6 Å². The number of hydrogen-bond donors (Lipinski definition) is 3. The van der Waals surface area contributed by atoms with Gasteiger partial charge in [0, 0.05) is 30.9 Å². The van der Waals surface area contributed by atoms with E-state index in [4.69, 9.17) is 14.6 Å². The van der Waals surface area contributed by atoms with Crippen LogP contribution in [0.1, 0.15) is 18.1 Å². The predicted octanol–water partition coefficient (Wildman–Crippen LogP) is 2.91. The molecular weight excluding hydrogens is 337 g/mol. The normalized spacial score (nSPS) is 11.2. The highest BCUT2D eigenvalue weighted by Crippen LogP contribution is 2.30. The summed E-state index contributed by atoms with van der Waals surface area (Å²) in [7, 11) is 3.24. The number of benzene rings is 2. The van der Waals surface area contributed by atoms with Crippen molar-refractivity contribution in [3.05, 3.63) is 53.3 Å². The fourth-order valence-electron chi connectivity index (χ4n) is 2.38. The van der Waals surface area contributed by atoms with Crippen LogP contribution in [0.25, 0.3) is 0 Å². The summed E-state index contributed by atoms with van der Waals surface area (Å²) < 4.78 is 24.3. The van der Waals surface area contributed by atoms with Gasteiger partial charge in [-0.05, 0) is 36.8 Å². The largest absolute Gasteiger partial charge is 0.493 e. The van der Waals surface area contributed by atoms with Crippen molar-refractivity contribution in [2.45, 2.75) is 20.1 Å². The summed E-state index contributed by atoms with van der Waals surface area (Å²) in [6, 6.07) is 10.1. The molecule has 0 amide bonds. The Labute approximate surface area is 152 Å². The molecule has 6 nitrogen and oxygen atoms in total. The lowest BCUT2D eigenvalue weighted by Crippen LogP contribution is -2.30. The summed E-state index contributed by atoms with van der Waals surface area (Å²) in [6.45, 7) is 2.56. The third kappa shape index (κ3) is 5.10. The number of ether oxygens (including phenoxy) is 2. The third-order valence-corrected chi connectivity index (χ3v) is 3.69. The molecule has 7 heteroatoms. The molecule has 0 bridgehead atoms. The van der Waals surface area contributed by atoms with Crippen LogP contribution in [0.3, 0.4) is 0 Å². The van der Waals surface area contributed by atoms with Gasteiger partial charge < -0.3 is 25.2 Å². The number of aliphatic imine (C=N–C) groups is 1. The van der Waals surface area contributed by atoms with E-state index in [9.17, 15) is 4.39 Å². The van der Waals surface area contributed by atoms with Gasteiger partial charge in [-0.1, -0.05) is 6.07 Å². The van der Waals surface area contributed by atoms with Crippen molar-refractivity contribution < 1.29 is 19.0 Å². The maximum absolute atomic E-state index is 13.4. The molecule has 2 aromatic carbocycles. The summed E-state index contributed by atoms with van der Waals surface area (Å²) in [4.78, 5) is 4.17. The Morgan fingerprint density at radius 2 is 2.00 bits per heavy atom. The molecule has 0 heterocycles. The highest BCUT2D eigenvalue weighted by Gasteiger charge is 2.08. The summed E-state index contributed by atoms with van der Waals surface area (Å²) in [5.41, 5.74) is 1.89. The zero-order valence-corrected chi connectivity index (χ0v) is 15.2. The second kappa shape index (κ2) is 9.62. The van der Waals surface area contributed by atoms with E-state index in [1.165, 1.54) is 6.07 Å². The highest BCUT2D eigenvalue weighted by molar-refractivity contribution is 5.93. The van der Waals surface area contributed by atoms with Crippen molar-refractivity contribution in [2.24, 2.45) is 4.99 Å². The molecule has 0 aliphatic carbocycles. The van der Waals surface area contributed by atoms with Crippen LogP contribution in [0.2, 0.25) is 0 Å². The van der Waals surface area contributed by atoms with Crippen molar-refractivity contribution in [1.82, 2.24) is 5.32 Å². The highest BCUT2D eigenvalue weighted by atomic mass is 19.1. The Balaban J connectivity index is 2.03. The fourth-order valence-corrected chi connectivity index (χ4v) is 2.38. The Morgan fingerprint density at radius 3 is 2.65 bits per heavy atom. The first-order valence-corrected chi connectivity index (χ1v) is 8.28. The van der Waals surface area contributed by atoms with E-state index in [1.807, 2.05) is 25.1 Å². The minimum Gasteiger partial charge on any atom is -0.493 e. The second-order valence-corrected chi connectivity index (χ2v) is 5.43. The van der Waals surface area contributed by atoms with Crippen molar-refractivity contribution in [3.8, 4) is 11.5 Å². The molecule has 0 fully saturated rings. The average Bonchev–Trinajstić information content (AvgIpc) is 2.67. The first-order chi connectivity index (χ1) is 12.6. The molecule has 3 N–H and O–H groups in total. The number of nitrogens with one attached hydrogen (secondary N) is 2. The van der Waals surface area contributed by atoms with Gasteiger partial charge in [0.15, 0.2) is 17.5 Å². The number of hydrogen-bond acceptors (Lipinski definition) is 4. The molecule has 0 aliphatic heterocycles. The lowest BCUT2D eigenvalue weighted by molar-refractivity contribution is 0.275. The minimum atomic E-state index is -0.416. The van der Waals surface area contributed by atoms with Crippen LogP contribution < -0.4 is 20.1 Å². The van der Waals surface area contributed by atoms with Gasteiger partial charge in [0.2, 0.25) is 0 Å². The minimum absolute atomic E-state index is 0.267. The number of aliphatic hydroxyl groups excluding tert-OH is 1. The van der Waals surface area contributed by atoms with Gasteiger partial charge in [0.1, 0.15) is 5.82 Å². The van der Waals surface area contributed by atoms with Gasteiger partial charge in [-0.25, -0.2) is 4.39 Å². The van der Waals surface area contributed by atoms with Crippen LogP contribution in [0, 0.1) is 5.82 Å². The number of methoxy groups -OCH3 is 1. The Bertz CT molecular complexity index is 766. The van der Waals surface area contributed by atoms with E-state index in [2.05, 4.69) is 15.6 Å². The Morgan fingerprint density at radius 1 is 1.19 bits per heavy atom. The molecule has 0 atom stereocenters. The van der Waals surface area contributed by atoms with E-state index in [1.54, 1.807) is 26.3 Å². The van der Waals surface area contributed by atoms with E-state index in [0.29, 0.717) is 30.6 Å². The van der Waals surface area contributed by atoms with Gasteiger partial charge in [-0.3, -0.25) is 4.99 Å². The van der Waals surface area contributed by atoms with Crippen LogP contribution in [-0.4, -0.2) is 31.8 Å². The van der Waals surface area contributed by atoms with Crippen molar-refractivity contribution in [3.63, 3.8) is 0 Å². The molecule has 0 aliphatic rings. The predicted molar refractivity (Wildman–Crippen MR) is 100 cm³/mol. The zero-order chi connectivity index (χ0) is 18.9. The smallest absolute Gasteiger partial charge is 0.195 e. The van der Waals surface area contributed by atoms with Gasteiger partial charge in [-0.15, -0.1) is 0 Å². The SMILES string of the molecule is CCOc1ccc(NC(=NC)NCc2ccc(F)c(CO)c2)cc1OC. The number of halogens is 1. The third-order valence-electron chi connectivity index (χ3n) is 3.69. The molecule has 26 heavy (non-hydrogen) atoms. The Kier molecular flexibility index (Phi) is 7.23. The van der Waals surface area contributed by atoms with E-state index >= 15 is 0 Å². The molecule has 0 unspecified atom stereocenters. The van der Waals surface area contributed by atoms with Crippen molar-refractivity contribution in [2.75, 3.05) is 26.1 Å². The van der Waals surface area contributed by atoms with Crippen LogP contribution in [-0.2, 0) is 13.2 Å². The van der Waals surface area contributed by atoms with E-state index in [-0.39, 0.29) is 12.2 Å². The maximum atomic E-state index is 13.4. The second-order valence-electron chi connectivity index (χ2n) is 5.43. The molecule has 0 saturated carbocycles. The van der Waals surface area contributed by atoms with Crippen molar-refractivity contribution in [1.29, 1.82) is 0 Å². The standard InChI is InChI=1S/C19H24FN3O3/c1-4-26-17-8-6-15(10-18(17)25-3)23-19(21-2)22-11-13-5-7-16(20)14(9-13)12-24/h5-10,24H,4,11-12H2,1-3H3,(H2,21,22,23). The lowest BCUT2D eigenvalue weighted by atomic mass is 10.1. The fraction of sp³-hybridized carbons (Fsp3) is 0.316. The number of aliphatic hydroxyl groups is 1. The monoisotopic (exact) mass is 361 g/mol. The molecule has 0 saturated heterocycles. The van der Waals surface area contributed by atoms with Gasteiger partial charge in [0.25, 0.3) is 0 Å². The van der Waals surface area contributed by atoms with Crippen LogP contribution >= 0.6 is 0 Å². The van der Waals surface area contributed by atoms with Gasteiger partial charge in [0.05, 0.1) is 20.3 Å². The topological polar surface area (TPSA) is 75.1 Å². The maximum Gasteiger partial charge on any atom is 0.195 e. The number of rotatable bonds is 7. The molecule has 0 aromatic heterocycles. The Hall–Kier alpha value is -2.80. The molecular formula is C19H24FN3O3. The van der Waals surface area contributed by atoms with Gasteiger partial charge >= 0.3 is 0 Å². The first-order valence-electron chi connectivity index (χ1n) is 8.28. The molecule has 140 valence electrons. The first kappa shape index (κ1) is 19.5. The number of nitrogens with zero attached hydrogens (tertiary/aromatic N) is 1. The summed E-state index contributed by atoms with van der Waals surface area (Å²) in [5.74, 6) is 1.43. The molecule has 2 aromatic rings. The molecule has 0 radical (unpaired) electrons. The number of guanidine groups is 1. The number of anilines is 1. The summed E-state index contributed by atoms with van der Waals surface area (Å²) in [6.07, 6.45) is 0. The molecule has 2 rings (SSSR count). The lowest BCUT2D eigenvalue weighted by Gasteiger charge is -2.15. The quantitative estimate of drug-likeness (QED) is 0.522. The molecule has 0 spiro atoms. The summed E-state index contributed by atoms with van der Waals surface area (Å²) >= 11 is 0. The van der Waals surface area contributed by atoms with Crippen LogP contribution in [0.5, 0.6) is 11.5 Å². The van der Waals surface area contributed by atoms with Gasteiger partial charge in [-0.2, -0.15) is 0 Å². The summed E-state index contributed by atoms with van der Waals surface area (Å²) in [5, 5.41) is 15.5. The van der Waals surface area contributed by atoms with Crippen LogP contribution in [0.15, 0.2) is 41.4 Å². The van der Waals surface area contributed by atoms with E-state index < -0.39 is 5.82 Å². The zero-order valence-electron chi connectivity index (χ0n) is 15.2. The van der Waals surface area contributed by atoms with Crippen LogP contribution in [0.4, 0.5) is 10.1 Å². The average molecular weight is 361 g/mol. The van der Waals surface area contributed by atoms with E-state index in [0.717, 1.165) is 11.3 Å².